The van der Waals surface area contributed by atoms with Gasteiger partial charge in [0, 0.05) is 18.6 Å². The molecular formula is C8H13N3. The molecule has 1 aromatic rings. The zero-order valence-corrected chi connectivity index (χ0v) is 6.70. The summed E-state index contributed by atoms with van der Waals surface area (Å²) in [6, 6.07) is 0.0167. The van der Waals surface area contributed by atoms with Crippen LogP contribution in [0.15, 0.2) is 19.0 Å². The van der Waals surface area contributed by atoms with Crippen LogP contribution in [0.3, 0.4) is 0 Å². The number of hydrogen-bond donors (Lipinski definition) is 1. The molecule has 0 aliphatic heterocycles. The first-order valence-electron chi connectivity index (χ1n) is 3.70. The van der Waals surface area contributed by atoms with Crippen molar-refractivity contribution in [2.75, 3.05) is 0 Å². The quantitative estimate of drug-likeness (QED) is 0.709. The minimum Gasteiger partial charge on any atom is -0.321 e. The van der Waals surface area contributed by atoms with Crippen LogP contribution in [0.1, 0.15) is 25.2 Å². The Morgan fingerprint density at radius 3 is 3.18 bits per heavy atom. The maximum absolute atomic E-state index is 5.78. The van der Waals surface area contributed by atoms with Gasteiger partial charge in [-0.25, -0.2) is 4.98 Å². The fraction of sp³-hybridized carbons (Fsp3) is 0.375. The number of hydrogen-bond acceptors (Lipinski definition) is 2. The Morgan fingerprint density at radius 2 is 2.64 bits per heavy atom. The molecule has 0 radical (unpaired) electrons. The van der Waals surface area contributed by atoms with Crippen molar-refractivity contribution in [3.63, 3.8) is 0 Å². The lowest BCUT2D eigenvalue weighted by Gasteiger charge is -2.07. The maximum atomic E-state index is 5.78. The van der Waals surface area contributed by atoms with Crippen LogP contribution in [-0.4, -0.2) is 9.55 Å². The molecule has 0 aromatic carbocycles. The topological polar surface area (TPSA) is 43.8 Å². The number of nitrogens with two attached hydrogens (primary N) is 1. The molecule has 1 aromatic heterocycles. The number of nitrogens with zero attached hydrogens (tertiary/aromatic N) is 2. The van der Waals surface area contributed by atoms with E-state index in [9.17, 15) is 0 Å². The third-order valence-corrected chi connectivity index (χ3v) is 1.67. The molecule has 1 heterocycles. The van der Waals surface area contributed by atoms with Crippen molar-refractivity contribution in [1.29, 1.82) is 0 Å². The Balaban J connectivity index is 2.92. The zero-order chi connectivity index (χ0) is 8.27. The van der Waals surface area contributed by atoms with Gasteiger partial charge in [0.05, 0.1) is 6.04 Å². The molecule has 0 spiro atoms. The summed E-state index contributed by atoms with van der Waals surface area (Å²) in [6.45, 7) is 5.68. The van der Waals surface area contributed by atoms with Gasteiger partial charge >= 0.3 is 0 Å². The first-order valence-corrected chi connectivity index (χ1v) is 3.70. The van der Waals surface area contributed by atoms with Gasteiger partial charge in [0.2, 0.25) is 0 Å². The van der Waals surface area contributed by atoms with Gasteiger partial charge in [-0.15, -0.1) is 0 Å². The standard InChI is InChI=1S/C8H13N3/c1-3-7(9)8-10-5-6-11(8)4-2/h4-7H,2-3,9H2,1H3. The molecule has 0 aliphatic rings. The zero-order valence-electron chi connectivity index (χ0n) is 6.70. The Bertz CT molecular complexity index is 239. The Kier molecular flexibility index (Phi) is 2.44. The van der Waals surface area contributed by atoms with E-state index in [1.165, 1.54) is 0 Å². The van der Waals surface area contributed by atoms with Gasteiger partial charge in [-0.1, -0.05) is 13.5 Å². The highest BCUT2D eigenvalue weighted by atomic mass is 15.1. The number of rotatable bonds is 3. The third kappa shape index (κ3) is 1.49. The van der Waals surface area contributed by atoms with Crippen molar-refractivity contribution in [2.24, 2.45) is 5.73 Å². The van der Waals surface area contributed by atoms with E-state index in [4.69, 9.17) is 5.73 Å². The molecule has 0 fully saturated rings. The second-order valence-corrected chi connectivity index (χ2v) is 2.39. The summed E-state index contributed by atoms with van der Waals surface area (Å²) in [5.74, 6) is 0.877. The Hall–Kier alpha value is -1.09. The van der Waals surface area contributed by atoms with Crippen molar-refractivity contribution in [1.82, 2.24) is 9.55 Å². The molecule has 0 saturated heterocycles. The van der Waals surface area contributed by atoms with E-state index >= 15 is 0 Å². The van der Waals surface area contributed by atoms with E-state index in [2.05, 4.69) is 11.6 Å². The lowest BCUT2D eigenvalue weighted by atomic mass is 10.2. The molecule has 1 rings (SSSR count). The van der Waals surface area contributed by atoms with Gasteiger partial charge in [-0.2, -0.15) is 0 Å². The molecule has 0 saturated carbocycles. The van der Waals surface area contributed by atoms with E-state index in [0.717, 1.165) is 12.2 Å². The molecule has 0 amide bonds. The molecule has 1 unspecified atom stereocenters. The van der Waals surface area contributed by atoms with Crippen LogP contribution in [0.25, 0.3) is 6.20 Å². The lowest BCUT2D eigenvalue weighted by molar-refractivity contribution is 0.643. The van der Waals surface area contributed by atoms with Crippen molar-refractivity contribution in [3.8, 4) is 0 Å². The SMILES string of the molecule is C=Cn1ccnc1C(N)CC. The third-order valence-electron chi connectivity index (χ3n) is 1.67. The smallest absolute Gasteiger partial charge is 0.129 e. The molecule has 1 atom stereocenters. The van der Waals surface area contributed by atoms with Crippen molar-refractivity contribution in [3.05, 3.63) is 24.8 Å². The van der Waals surface area contributed by atoms with Crippen LogP contribution in [0.2, 0.25) is 0 Å². The summed E-state index contributed by atoms with van der Waals surface area (Å²) in [7, 11) is 0. The normalized spacial score (nSPS) is 12.9. The molecule has 3 heteroatoms. The molecule has 0 bridgehead atoms. The Morgan fingerprint density at radius 1 is 1.91 bits per heavy atom. The summed E-state index contributed by atoms with van der Waals surface area (Å²) < 4.78 is 1.84. The van der Waals surface area contributed by atoms with Crippen molar-refractivity contribution < 1.29 is 0 Å². The summed E-state index contributed by atoms with van der Waals surface area (Å²) in [4.78, 5) is 4.12. The maximum Gasteiger partial charge on any atom is 0.129 e. The summed E-state index contributed by atoms with van der Waals surface area (Å²) in [5.41, 5.74) is 5.78. The molecule has 11 heavy (non-hydrogen) atoms. The highest BCUT2D eigenvalue weighted by molar-refractivity contribution is 5.21. The second kappa shape index (κ2) is 3.34. The van der Waals surface area contributed by atoms with Crippen LogP contribution in [0.5, 0.6) is 0 Å². The van der Waals surface area contributed by atoms with E-state index < -0.39 is 0 Å². The first-order chi connectivity index (χ1) is 5.29. The van der Waals surface area contributed by atoms with Gasteiger partial charge in [-0.05, 0) is 6.42 Å². The van der Waals surface area contributed by atoms with Crippen molar-refractivity contribution in [2.45, 2.75) is 19.4 Å². The first kappa shape index (κ1) is 8.01. The van der Waals surface area contributed by atoms with Gasteiger partial charge in [0.15, 0.2) is 0 Å². The van der Waals surface area contributed by atoms with E-state index in [-0.39, 0.29) is 6.04 Å². The number of imidazole rings is 1. The van der Waals surface area contributed by atoms with Crippen LogP contribution in [0.4, 0.5) is 0 Å². The average Bonchev–Trinajstić information content (AvgIpc) is 2.50. The molecular weight excluding hydrogens is 138 g/mol. The predicted molar refractivity (Wildman–Crippen MR) is 45.8 cm³/mol. The highest BCUT2D eigenvalue weighted by Crippen LogP contribution is 2.10. The van der Waals surface area contributed by atoms with Crippen LogP contribution in [-0.2, 0) is 0 Å². The van der Waals surface area contributed by atoms with Crippen molar-refractivity contribution >= 4 is 6.20 Å². The van der Waals surface area contributed by atoms with Crippen LogP contribution < -0.4 is 5.73 Å². The monoisotopic (exact) mass is 151 g/mol. The van der Waals surface area contributed by atoms with Crippen LogP contribution >= 0.6 is 0 Å². The molecule has 3 nitrogen and oxygen atoms in total. The van der Waals surface area contributed by atoms with Crippen LogP contribution in [0, 0.1) is 0 Å². The van der Waals surface area contributed by atoms with Gasteiger partial charge in [0.25, 0.3) is 0 Å². The number of aromatic nitrogens is 2. The largest absolute Gasteiger partial charge is 0.321 e. The fourth-order valence-electron chi connectivity index (χ4n) is 0.949. The summed E-state index contributed by atoms with van der Waals surface area (Å²) in [5, 5.41) is 0. The minimum atomic E-state index is 0.0167. The second-order valence-electron chi connectivity index (χ2n) is 2.39. The molecule has 0 aliphatic carbocycles. The Labute approximate surface area is 66.5 Å². The minimum absolute atomic E-state index is 0.0167. The van der Waals surface area contributed by atoms with Gasteiger partial charge in [0.1, 0.15) is 5.82 Å². The van der Waals surface area contributed by atoms with E-state index in [1.807, 2.05) is 17.7 Å². The van der Waals surface area contributed by atoms with E-state index in [1.54, 1.807) is 12.4 Å². The van der Waals surface area contributed by atoms with Gasteiger partial charge in [-0.3, -0.25) is 0 Å². The summed E-state index contributed by atoms with van der Waals surface area (Å²) >= 11 is 0. The summed E-state index contributed by atoms with van der Waals surface area (Å²) in [6.07, 6.45) is 6.17. The van der Waals surface area contributed by atoms with E-state index in [0.29, 0.717) is 0 Å². The average molecular weight is 151 g/mol. The molecule has 60 valence electrons. The fourth-order valence-corrected chi connectivity index (χ4v) is 0.949. The lowest BCUT2D eigenvalue weighted by Crippen LogP contribution is -2.13. The van der Waals surface area contributed by atoms with Gasteiger partial charge < -0.3 is 10.3 Å². The molecule has 2 N–H and O–H groups in total. The highest BCUT2D eigenvalue weighted by Gasteiger charge is 2.07. The predicted octanol–water partition coefficient (Wildman–Crippen LogP) is 1.39.